The highest BCUT2D eigenvalue weighted by Crippen LogP contribution is 2.33. The lowest BCUT2D eigenvalue weighted by atomic mass is 9.93. The summed E-state index contributed by atoms with van der Waals surface area (Å²) < 4.78 is 1.97. The minimum absolute atomic E-state index is 0.0958. The van der Waals surface area contributed by atoms with E-state index in [4.69, 9.17) is 5.73 Å². The van der Waals surface area contributed by atoms with E-state index in [0.29, 0.717) is 0 Å². The van der Waals surface area contributed by atoms with Gasteiger partial charge in [-0.05, 0) is 37.0 Å². The molecule has 3 heterocycles. The first-order chi connectivity index (χ1) is 11.9. The van der Waals surface area contributed by atoms with Crippen molar-refractivity contribution in [1.29, 1.82) is 0 Å². The standard InChI is InChI=1S/C20H25N5/c1-5-15-16-18-13(11-23-25(18)4)10-22-19(16)24-17(15)12-6-8-14(9-7-12)20(2,3)21/h6-11,19,22,24H,5,21H2,1-4H3. The van der Waals surface area contributed by atoms with Gasteiger partial charge in [-0.2, -0.15) is 5.10 Å². The van der Waals surface area contributed by atoms with Gasteiger partial charge in [0.25, 0.3) is 0 Å². The topological polar surface area (TPSA) is 67.9 Å². The molecule has 5 heteroatoms. The van der Waals surface area contributed by atoms with Crippen LogP contribution in [0.5, 0.6) is 0 Å². The summed E-state index contributed by atoms with van der Waals surface area (Å²) in [4.78, 5) is 0. The summed E-state index contributed by atoms with van der Waals surface area (Å²) in [7, 11) is 2.01. The molecule has 1 unspecified atom stereocenters. The Balaban J connectivity index is 1.88. The van der Waals surface area contributed by atoms with Crippen molar-refractivity contribution in [3.8, 4) is 0 Å². The summed E-state index contributed by atoms with van der Waals surface area (Å²) in [6.07, 6.45) is 5.01. The van der Waals surface area contributed by atoms with Crippen LogP contribution in [-0.4, -0.2) is 15.9 Å². The summed E-state index contributed by atoms with van der Waals surface area (Å²) in [6.45, 7) is 6.26. The van der Waals surface area contributed by atoms with E-state index < -0.39 is 0 Å². The summed E-state index contributed by atoms with van der Waals surface area (Å²) in [5, 5.41) is 13.9. The largest absolute Gasteiger partial charge is 0.367 e. The maximum absolute atomic E-state index is 6.21. The van der Waals surface area contributed by atoms with E-state index in [1.807, 2.05) is 38.0 Å². The van der Waals surface area contributed by atoms with Crippen LogP contribution in [0.4, 0.5) is 0 Å². The fourth-order valence-electron chi connectivity index (χ4n) is 3.77. The van der Waals surface area contributed by atoms with Gasteiger partial charge < -0.3 is 16.4 Å². The Hall–Kier alpha value is -2.53. The highest BCUT2D eigenvalue weighted by Gasteiger charge is 2.31. The minimum Gasteiger partial charge on any atom is -0.367 e. The molecule has 0 saturated carbocycles. The van der Waals surface area contributed by atoms with Crippen molar-refractivity contribution in [1.82, 2.24) is 20.4 Å². The Morgan fingerprint density at radius 1 is 1.24 bits per heavy atom. The zero-order chi connectivity index (χ0) is 17.8. The maximum Gasteiger partial charge on any atom is 0.125 e. The van der Waals surface area contributed by atoms with Crippen molar-refractivity contribution in [2.24, 2.45) is 12.8 Å². The van der Waals surface area contributed by atoms with Gasteiger partial charge >= 0.3 is 0 Å². The highest BCUT2D eigenvalue weighted by atomic mass is 15.3. The van der Waals surface area contributed by atoms with Gasteiger partial charge in [-0.15, -0.1) is 0 Å². The minimum atomic E-state index is -0.327. The molecule has 25 heavy (non-hydrogen) atoms. The normalized spacial score (nSPS) is 19.1. The number of nitrogens with zero attached hydrogens (tertiary/aromatic N) is 2. The van der Waals surface area contributed by atoms with Crippen LogP contribution in [0.15, 0.2) is 36.0 Å². The molecule has 0 saturated heterocycles. The van der Waals surface area contributed by atoms with Crippen LogP contribution in [0.3, 0.4) is 0 Å². The van der Waals surface area contributed by atoms with E-state index in [9.17, 15) is 0 Å². The van der Waals surface area contributed by atoms with Gasteiger partial charge in [0, 0.05) is 35.3 Å². The van der Waals surface area contributed by atoms with Gasteiger partial charge in [0.15, 0.2) is 0 Å². The third-order valence-electron chi connectivity index (χ3n) is 5.10. The average molecular weight is 335 g/mol. The van der Waals surface area contributed by atoms with Crippen LogP contribution in [0.2, 0.25) is 0 Å². The summed E-state index contributed by atoms with van der Waals surface area (Å²) in [5.41, 5.74) is 12.1. The number of benzene rings is 1. The van der Waals surface area contributed by atoms with E-state index in [1.54, 1.807) is 0 Å². The Morgan fingerprint density at radius 3 is 2.60 bits per heavy atom. The SMILES string of the molecule is CCC1=C(c2ccc(C(C)(C)N)cc2)NC2NC=c3cnn(C)c3=C12. The molecular formula is C20H25N5. The zero-order valence-electron chi connectivity index (χ0n) is 15.2. The van der Waals surface area contributed by atoms with Gasteiger partial charge in [0.05, 0.1) is 11.5 Å². The van der Waals surface area contributed by atoms with E-state index in [-0.39, 0.29) is 11.7 Å². The zero-order valence-corrected chi connectivity index (χ0v) is 15.2. The molecule has 5 nitrogen and oxygen atoms in total. The van der Waals surface area contributed by atoms with Crippen LogP contribution in [0.1, 0.15) is 38.3 Å². The van der Waals surface area contributed by atoms with Crippen LogP contribution in [0.25, 0.3) is 17.5 Å². The number of rotatable bonds is 3. The molecule has 0 radical (unpaired) electrons. The predicted octanol–water partition coefficient (Wildman–Crippen LogP) is 0.856. The third-order valence-corrected chi connectivity index (χ3v) is 5.10. The molecular weight excluding hydrogens is 310 g/mol. The third kappa shape index (κ3) is 2.46. The Bertz CT molecular complexity index is 971. The van der Waals surface area contributed by atoms with Gasteiger partial charge in [-0.25, -0.2) is 0 Å². The Labute approximate surface area is 147 Å². The predicted molar refractivity (Wildman–Crippen MR) is 101 cm³/mol. The maximum atomic E-state index is 6.21. The highest BCUT2D eigenvalue weighted by molar-refractivity contribution is 5.89. The molecule has 4 N–H and O–H groups in total. The number of aromatic nitrogens is 2. The van der Waals surface area contributed by atoms with Crippen LogP contribution in [0, 0.1) is 0 Å². The number of hydrogen-bond donors (Lipinski definition) is 3. The summed E-state index contributed by atoms with van der Waals surface area (Å²) >= 11 is 0. The molecule has 1 aromatic heterocycles. The van der Waals surface area contributed by atoms with Gasteiger partial charge in [-0.1, -0.05) is 31.2 Å². The monoisotopic (exact) mass is 335 g/mol. The number of nitrogens with two attached hydrogens (primary N) is 1. The second-order valence-electron chi connectivity index (χ2n) is 7.38. The molecule has 0 amide bonds. The molecule has 0 spiro atoms. The molecule has 4 rings (SSSR count). The number of fused-ring (bicyclic) bond motifs is 2. The first-order valence-corrected chi connectivity index (χ1v) is 8.78. The van der Waals surface area contributed by atoms with Gasteiger partial charge in [0.1, 0.15) is 6.17 Å². The first kappa shape index (κ1) is 16.0. The van der Waals surface area contributed by atoms with Crippen molar-refractivity contribution < 1.29 is 0 Å². The first-order valence-electron chi connectivity index (χ1n) is 8.78. The lowest BCUT2D eigenvalue weighted by molar-refractivity contribution is 0.554. The van der Waals surface area contributed by atoms with E-state index in [1.165, 1.54) is 27.8 Å². The number of aryl methyl sites for hydroxylation is 1. The second kappa shape index (κ2) is 5.49. The molecule has 130 valence electrons. The van der Waals surface area contributed by atoms with Gasteiger partial charge in [-0.3, -0.25) is 4.68 Å². The smallest absolute Gasteiger partial charge is 0.125 e. The van der Waals surface area contributed by atoms with E-state index in [0.717, 1.165) is 17.2 Å². The molecule has 0 bridgehead atoms. The number of nitrogens with one attached hydrogen (secondary N) is 2. The lowest BCUT2D eigenvalue weighted by Gasteiger charge is -2.20. The molecule has 0 aliphatic carbocycles. The molecule has 2 aliphatic heterocycles. The fourth-order valence-corrected chi connectivity index (χ4v) is 3.77. The van der Waals surface area contributed by atoms with Crippen molar-refractivity contribution in [3.05, 3.63) is 57.7 Å². The molecule has 0 fully saturated rings. The molecule has 1 aromatic carbocycles. The molecule has 2 aromatic rings. The van der Waals surface area contributed by atoms with Crippen molar-refractivity contribution in [3.63, 3.8) is 0 Å². The van der Waals surface area contributed by atoms with E-state index >= 15 is 0 Å². The number of hydrogen-bond acceptors (Lipinski definition) is 4. The van der Waals surface area contributed by atoms with E-state index in [2.05, 4.69) is 46.9 Å². The second-order valence-corrected chi connectivity index (χ2v) is 7.38. The average Bonchev–Trinajstić information content (AvgIpc) is 3.14. The summed E-state index contributed by atoms with van der Waals surface area (Å²) in [5.74, 6) is 0. The molecule has 2 aliphatic rings. The summed E-state index contributed by atoms with van der Waals surface area (Å²) in [6, 6.07) is 8.57. The Morgan fingerprint density at radius 2 is 1.96 bits per heavy atom. The van der Waals surface area contributed by atoms with Gasteiger partial charge in [0.2, 0.25) is 0 Å². The lowest BCUT2D eigenvalue weighted by Crippen LogP contribution is -2.47. The van der Waals surface area contributed by atoms with Crippen molar-refractivity contribution in [2.75, 3.05) is 0 Å². The van der Waals surface area contributed by atoms with Crippen molar-refractivity contribution >= 4 is 17.5 Å². The van der Waals surface area contributed by atoms with Crippen molar-refractivity contribution in [2.45, 2.75) is 38.9 Å². The van der Waals surface area contributed by atoms with Crippen LogP contribution < -0.4 is 26.9 Å². The van der Waals surface area contributed by atoms with Crippen LogP contribution in [-0.2, 0) is 12.6 Å². The Kier molecular flexibility index (Phi) is 3.51. The quantitative estimate of drug-likeness (QED) is 0.778. The fraction of sp³-hybridized carbons (Fsp3) is 0.350. The van der Waals surface area contributed by atoms with Crippen LogP contribution >= 0.6 is 0 Å². The molecule has 1 atom stereocenters.